The van der Waals surface area contributed by atoms with Crippen molar-refractivity contribution in [2.45, 2.75) is 13.8 Å². The van der Waals surface area contributed by atoms with Crippen LogP contribution in [0.15, 0.2) is 5.11 Å². The quantitative estimate of drug-likeness (QED) is 0.346. The zero-order valence-corrected chi connectivity index (χ0v) is 7.12. The summed E-state index contributed by atoms with van der Waals surface area (Å²) < 4.78 is 0. The highest BCUT2D eigenvalue weighted by molar-refractivity contribution is 4.87. The molecule has 1 aliphatic heterocycles. The Morgan fingerprint density at radius 3 is 2.64 bits per heavy atom. The van der Waals surface area contributed by atoms with Gasteiger partial charge in [-0.05, 0) is 10.9 Å². The lowest BCUT2D eigenvalue weighted by molar-refractivity contribution is 0.0343. The van der Waals surface area contributed by atoms with Gasteiger partial charge in [-0.25, -0.2) is 0 Å². The highest BCUT2D eigenvalue weighted by atomic mass is 15.2. The van der Waals surface area contributed by atoms with Gasteiger partial charge in [0.2, 0.25) is 0 Å². The van der Waals surface area contributed by atoms with Crippen LogP contribution in [0, 0.1) is 5.41 Å². The molecule has 0 N–H and O–H groups in total. The number of nitrogens with zero attached hydrogens (tertiary/aromatic N) is 4. The predicted molar refractivity (Wildman–Crippen MR) is 44.2 cm³/mol. The molecule has 0 amide bonds. The first kappa shape index (κ1) is 8.37. The van der Waals surface area contributed by atoms with Gasteiger partial charge in [0.05, 0.1) is 0 Å². The Morgan fingerprint density at radius 1 is 1.55 bits per heavy atom. The minimum Gasteiger partial charge on any atom is -0.302 e. The maximum atomic E-state index is 8.01. The van der Waals surface area contributed by atoms with E-state index < -0.39 is 0 Å². The van der Waals surface area contributed by atoms with Crippen molar-refractivity contribution in [2.24, 2.45) is 10.5 Å². The van der Waals surface area contributed by atoms with Gasteiger partial charge in [-0.15, -0.1) is 0 Å². The van der Waals surface area contributed by atoms with Gasteiger partial charge in [0.1, 0.15) is 0 Å². The Kier molecular flexibility index (Phi) is 2.37. The fraction of sp³-hybridized carbons (Fsp3) is 1.00. The first-order valence-electron chi connectivity index (χ1n) is 3.87. The van der Waals surface area contributed by atoms with E-state index in [1.54, 1.807) is 0 Å². The summed E-state index contributed by atoms with van der Waals surface area (Å²) >= 11 is 0. The van der Waals surface area contributed by atoms with E-state index in [4.69, 9.17) is 5.53 Å². The first-order valence-corrected chi connectivity index (χ1v) is 3.87. The first-order chi connectivity index (χ1) is 5.14. The summed E-state index contributed by atoms with van der Waals surface area (Å²) in [7, 11) is 0. The Bertz CT molecular complexity index is 173. The van der Waals surface area contributed by atoms with Crippen molar-refractivity contribution < 1.29 is 0 Å². The van der Waals surface area contributed by atoms with E-state index in [9.17, 15) is 0 Å². The van der Waals surface area contributed by atoms with E-state index in [1.165, 1.54) is 0 Å². The van der Waals surface area contributed by atoms with Crippen LogP contribution in [-0.2, 0) is 0 Å². The lowest BCUT2D eigenvalue weighted by atomic mass is 9.84. The van der Waals surface area contributed by atoms with Crippen LogP contribution in [-0.4, -0.2) is 31.1 Å². The SMILES string of the molecule is CC1(C)CN(CCN=[N+]=[N-])C1. The Hall–Kier alpha value is -0.730. The van der Waals surface area contributed by atoms with E-state index in [2.05, 4.69) is 28.8 Å². The third kappa shape index (κ3) is 2.41. The zero-order valence-electron chi connectivity index (χ0n) is 7.12. The lowest BCUT2D eigenvalue weighted by Gasteiger charge is -2.45. The molecule has 4 heteroatoms. The molecule has 1 saturated heterocycles. The van der Waals surface area contributed by atoms with Crippen LogP contribution >= 0.6 is 0 Å². The lowest BCUT2D eigenvalue weighted by Crippen LogP contribution is -2.53. The van der Waals surface area contributed by atoms with Gasteiger partial charge in [-0.2, -0.15) is 0 Å². The largest absolute Gasteiger partial charge is 0.302 e. The summed E-state index contributed by atoms with van der Waals surface area (Å²) in [6.45, 7) is 8.27. The number of hydrogen-bond donors (Lipinski definition) is 0. The second kappa shape index (κ2) is 3.11. The molecule has 0 bridgehead atoms. The van der Waals surface area contributed by atoms with Crippen LogP contribution in [0.3, 0.4) is 0 Å². The number of likely N-dealkylation sites (tertiary alicyclic amines) is 1. The van der Waals surface area contributed by atoms with Crippen LogP contribution in [0.25, 0.3) is 10.4 Å². The van der Waals surface area contributed by atoms with Gasteiger partial charge in [0.15, 0.2) is 0 Å². The molecule has 0 aromatic heterocycles. The normalized spacial score (nSPS) is 22.0. The second-order valence-electron chi connectivity index (χ2n) is 3.83. The molecule has 0 aromatic carbocycles. The van der Waals surface area contributed by atoms with Crippen LogP contribution in [0.5, 0.6) is 0 Å². The molecule has 4 nitrogen and oxygen atoms in total. The van der Waals surface area contributed by atoms with Crippen molar-refractivity contribution in [3.63, 3.8) is 0 Å². The standard InChI is InChI=1S/C7H14N4/c1-7(2)5-11(6-7)4-3-9-10-8/h3-6H2,1-2H3. The van der Waals surface area contributed by atoms with Crippen molar-refractivity contribution in [1.82, 2.24) is 4.90 Å². The van der Waals surface area contributed by atoms with Gasteiger partial charge < -0.3 is 4.90 Å². The molecule has 11 heavy (non-hydrogen) atoms. The van der Waals surface area contributed by atoms with Crippen LogP contribution in [0.2, 0.25) is 0 Å². The summed E-state index contributed by atoms with van der Waals surface area (Å²) in [6, 6.07) is 0. The zero-order chi connectivity index (χ0) is 8.32. The molecule has 1 fully saturated rings. The molecule has 1 rings (SSSR count). The average Bonchev–Trinajstić information content (AvgIpc) is 1.84. The van der Waals surface area contributed by atoms with Crippen molar-refractivity contribution in [3.8, 4) is 0 Å². The molecule has 62 valence electrons. The number of hydrogen-bond acceptors (Lipinski definition) is 2. The molecular formula is C7H14N4. The van der Waals surface area contributed by atoms with Gasteiger partial charge >= 0.3 is 0 Å². The monoisotopic (exact) mass is 154 g/mol. The van der Waals surface area contributed by atoms with Gasteiger partial charge in [0, 0.05) is 31.1 Å². The Morgan fingerprint density at radius 2 is 2.18 bits per heavy atom. The summed E-state index contributed by atoms with van der Waals surface area (Å²) in [4.78, 5) is 5.00. The third-order valence-electron chi connectivity index (χ3n) is 1.88. The van der Waals surface area contributed by atoms with Crippen molar-refractivity contribution >= 4 is 0 Å². The van der Waals surface area contributed by atoms with E-state index in [0.717, 1.165) is 19.6 Å². The summed E-state index contributed by atoms with van der Waals surface area (Å²) in [6.07, 6.45) is 0. The van der Waals surface area contributed by atoms with Crippen molar-refractivity contribution in [2.75, 3.05) is 26.2 Å². The molecule has 1 heterocycles. The third-order valence-corrected chi connectivity index (χ3v) is 1.88. The van der Waals surface area contributed by atoms with Gasteiger partial charge in [-0.3, -0.25) is 0 Å². The smallest absolute Gasteiger partial charge is 0.0385 e. The molecular weight excluding hydrogens is 140 g/mol. The minimum atomic E-state index is 0.482. The molecule has 0 saturated carbocycles. The predicted octanol–water partition coefficient (Wildman–Crippen LogP) is 1.64. The highest BCUT2D eigenvalue weighted by Crippen LogP contribution is 2.27. The summed E-state index contributed by atoms with van der Waals surface area (Å²) in [5.74, 6) is 0. The Labute approximate surface area is 66.8 Å². The number of rotatable bonds is 3. The van der Waals surface area contributed by atoms with Crippen molar-refractivity contribution in [1.29, 1.82) is 0 Å². The maximum Gasteiger partial charge on any atom is 0.0385 e. The van der Waals surface area contributed by atoms with Crippen molar-refractivity contribution in [3.05, 3.63) is 10.4 Å². The van der Waals surface area contributed by atoms with Crippen LogP contribution in [0.4, 0.5) is 0 Å². The van der Waals surface area contributed by atoms with E-state index in [1.807, 2.05) is 0 Å². The van der Waals surface area contributed by atoms with Crippen LogP contribution in [0.1, 0.15) is 13.8 Å². The number of azide groups is 1. The fourth-order valence-electron chi connectivity index (χ4n) is 1.55. The minimum absolute atomic E-state index is 0.482. The van der Waals surface area contributed by atoms with E-state index in [0.29, 0.717) is 12.0 Å². The molecule has 0 aromatic rings. The molecule has 0 aliphatic carbocycles. The second-order valence-corrected chi connectivity index (χ2v) is 3.83. The van der Waals surface area contributed by atoms with E-state index >= 15 is 0 Å². The molecule has 0 spiro atoms. The van der Waals surface area contributed by atoms with Gasteiger partial charge in [-0.1, -0.05) is 19.0 Å². The maximum absolute atomic E-state index is 8.01. The molecule has 0 atom stereocenters. The Balaban J connectivity index is 2.09. The highest BCUT2D eigenvalue weighted by Gasteiger charge is 2.32. The summed E-state index contributed by atoms with van der Waals surface area (Å²) in [5, 5.41) is 3.48. The fourth-order valence-corrected chi connectivity index (χ4v) is 1.55. The molecule has 0 radical (unpaired) electrons. The molecule has 1 aliphatic rings. The van der Waals surface area contributed by atoms with Crippen LogP contribution < -0.4 is 0 Å². The van der Waals surface area contributed by atoms with E-state index in [-0.39, 0.29) is 0 Å². The summed E-state index contributed by atoms with van der Waals surface area (Å²) in [5.41, 5.74) is 8.49. The average molecular weight is 154 g/mol. The molecule has 0 unspecified atom stereocenters. The topological polar surface area (TPSA) is 52.0 Å². The van der Waals surface area contributed by atoms with Gasteiger partial charge in [0.25, 0.3) is 0 Å².